The molecule has 2 N–H and O–H groups in total. The molecule has 1 aliphatic heterocycles. The van der Waals surface area contributed by atoms with Crippen molar-refractivity contribution in [3.8, 4) is 0 Å². The van der Waals surface area contributed by atoms with Crippen LogP contribution in [0.3, 0.4) is 0 Å². The molecule has 1 aliphatic carbocycles. The first-order valence-electron chi connectivity index (χ1n) is 13.3. The maximum Gasteiger partial charge on any atom is 0.243 e. The van der Waals surface area contributed by atoms with E-state index in [2.05, 4.69) is 26.8 Å². The number of nitrogens with zero attached hydrogens (tertiary/aromatic N) is 2. The van der Waals surface area contributed by atoms with Crippen LogP contribution in [0.15, 0.2) is 53.4 Å². The first kappa shape index (κ1) is 26.6. The van der Waals surface area contributed by atoms with Crippen molar-refractivity contribution in [2.75, 3.05) is 42.9 Å². The molecule has 36 heavy (non-hydrogen) atoms. The monoisotopic (exact) mass is 512 g/mol. The Labute approximate surface area is 216 Å². The van der Waals surface area contributed by atoms with Crippen molar-refractivity contribution in [3.05, 3.63) is 54.1 Å². The molecule has 0 radical (unpaired) electrons. The Morgan fingerprint density at radius 3 is 2.39 bits per heavy atom. The van der Waals surface area contributed by atoms with E-state index in [4.69, 9.17) is 0 Å². The molecule has 2 fully saturated rings. The van der Waals surface area contributed by atoms with Crippen LogP contribution in [0, 0.1) is 5.92 Å². The van der Waals surface area contributed by atoms with Gasteiger partial charge in [0.05, 0.1) is 5.69 Å². The first-order valence-corrected chi connectivity index (χ1v) is 14.8. The number of carbonyl (C=O) groups is 1. The molecule has 1 saturated carbocycles. The molecule has 1 saturated heterocycles. The van der Waals surface area contributed by atoms with E-state index >= 15 is 0 Å². The fourth-order valence-electron chi connectivity index (χ4n) is 5.34. The van der Waals surface area contributed by atoms with Gasteiger partial charge in [0.15, 0.2) is 0 Å². The summed E-state index contributed by atoms with van der Waals surface area (Å²) in [6.07, 6.45) is 6.30. The van der Waals surface area contributed by atoms with Crippen LogP contribution in [0.5, 0.6) is 0 Å². The summed E-state index contributed by atoms with van der Waals surface area (Å²) < 4.78 is 30.2. The van der Waals surface area contributed by atoms with Gasteiger partial charge in [0.2, 0.25) is 15.9 Å². The summed E-state index contributed by atoms with van der Waals surface area (Å²) in [5.41, 5.74) is 2.10. The third kappa shape index (κ3) is 6.87. The maximum atomic E-state index is 13.7. The smallest absolute Gasteiger partial charge is 0.243 e. The number of anilines is 2. The second kappa shape index (κ2) is 12.2. The Morgan fingerprint density at radius 1 is 1.03 bits per heavy atom. The van der Waals surface area contributed by atoms with Gasteiger partial charge in [-0.2, -0.15) is 0 Å². The first-order chi connectivity index (χ1) is 17.4. The Hall–Kier alpha value is -2.42. The fraction of sp³-hybridized carbons (Fsp3) is 0.536. The van der Waals surface area contributed by atoms with Crippen LogP contribution in [0.25, 0.3) is 0 Å². The predicted octanol–water partition coefficient (Wildman–Crippen LogP) is 4.78. The minimum atomic E-state index is -3.85. The molecule has 0 bridgehead atoms. The van der Waals surface area contributed by atoms with Gasteiger partial charge < -0.3 is 15.1 Å². The number of rotatable bonds is 10. The van der Waals surface area contributed by atoms with Gasteiger partial charge in [0.1, 0.15) is 4.90 Å². The zero-order valence-corrected chi connectivity index (χ0v) is 22.4. The predicted molar refractivity (Wildman–Crippen MR) is 146 cm³/mol. The van der Waals surface area contributed by atoms with Gasteiger partial charge >= 0.3 is 0 Å². The highest BCUT2D eigenvalue weighted by Gasteiger charge is 2.27. The molecule has 1 atom stereocenters. The lowest BCUT2D eigenvalue weighted by molar-refractivity contribution is -0.116. The molecule has 2 aromatic rings. The fourth-order valence-corrected chi connectivity index (χ4v) is 6.82. The van der Waals surface area contributed by atoms with E-state index in [1.807, 2.05) is 49.4 Å². The normalized spacial score (nSPS) is 18.3. The number of hydrogen-bond donors (Lipinski definition) is 2. The van der Waals surface area contributed by atoms with Crippen molar-refractivity contribution in [2.24, 2.45) is 5.92 Å². The lowest BCUT2D eigenvalue weighted by Gasteiger charge is -2.36. The van der Waals surface area contributed by atoms with Gasteiger partial charge in [-0.3, -0.25) is 4.79 Å². The number of amides is 1. The Bertz CT molecular complexity index is 1110. The van der Waals surface area contributed by atoms with Gasteiger partial charge in [-0.25, -0.2) is 13.1 Å². The summed E-state index contributed by atoms with van der Waals surface area (Å²) in [6, 6.07) is 14.5. The molecule has 0 spiro atoms. The quantitative estimate of drug-likeness (QED) is 0.479. The molecule has 1 heterocycles. The van der Waals surface area contributed by atoms with E-state index in [1.165, 1.54) is 25.7 Å². The highest BCUT2D eigenvalue weighted by Crippen LogP contribution is 2.32. The van der Waals surface area contributed by atoms with Gasteiger partial charge in [0, 0.05) is 44.3 Å². The third-order valence-corrected chi connectivity index (χ3v) is 9.15. The summed E-state index contributed by atoms with van der Waals surface area (Å²) in [7, 11) is -3.85. The van der Waals surface area contributed by atoms with Crippen LogP contribution < -0.4 is 14.9 Å². The van der Waals surface area contributed by atoms with Gasteiger partial charge in [-0.15, -0.1) is 0 Å². The van der Waals surface area contributed by atoms with Crippen LogP contribution in [-0.4, -0.2) is 51.9 Å². The van der Waals surface area contributed by atoms with Gasteiger partial charge in [-0.1, -0.05) is 62.9 Å². The largest absolute Gasteiger partial charge is 0.368 e. The Kier molecular flexibility index (Phi) is 9.04. The van der Waals surface area contributed by atoms with Gasteiger partial charge in [0.25, 0.3) is 0 Å². The van der Waals surface area contributed by atoms with Crippen molar-refractivity contribution >= 4 is 27.3 Å². The van der Waals surface area contributed by atoms with E-state index in [0.717, 1.165) is 44.7 Å². The average Bonchev–Trinajstić information content (AvgIpc) is 3.42. The summed E-state index contributed by atoms with van der Waals surface area (Å²) in [4.78, 5) is 17.4. The minimum Gasteiger partial charge on any atom is -0.368 e. The van der Waals surface area contributed by atoms with Gasteiger partial charge in [-0.05, 0) is 49.6 Å². The minimum absolute atomic E-state index is 0.0554. The van der Waals surface area contributed by atoms with Crippen LogP contribution in [0.4, 0.5) is 11.4 Å². The van der Waals surface area contributed by atoms with Crippen molar-refractivity contribution in [1.82, 2.24) is 9.62 Å². The lowest BCUT2D eigenvalue weighted by Crippen LogP contribution is -2.46. The van der Waals surface area contributed by atoms with Crippen LogP contribution >= 0.6 is 0 Å². The maximum absolute atomic E-state index is 13.7. The van der Waals surface area contributed by atoms with E-state index < -0.39 is 10.0 Å². The van der Waals surface area contributed by atoms with E-state index in [-0.39, 0.29) is 16.8 Å². The van der Waals surface area contributed by atoms with E-state index in [0.29, 0.717) is 23.7 Å². The van der Waals surface area contributed by atoms with Crippen molar-refractivity contribution in [1.29, 1.82) is 0 Å². The molecule has 196 valence electrons. The SMILES string of the molecule is CCN1CCN(c2ccc(NC(=O)CCC3CCCC3)cc2S(=O)(=O)N[C@H](C)c2ccccc2)CC1. The number of likely N-dealkylation sites (N-methyl/N-ethyl adjacent to an activating group) is 1. The van der Waals surface area contributed by atoms with E-state index in [9.17, 15) is 13.2 Å². The average molecular weight is 513 g/mol. The molecule has 7 nitrogen and oxygen atoms in total. The standard InChI is InChI=1S/C28H40N4O3S/c1-3-31-17-19-32(20-18-31)26-15-14-25(29-28(33)16-13-23-9-7-8-10-23)21-27(26)36(34,35)30-22(2)24-11-5-4-6-12-24/h4-6,11-12,14-15,21-23,30H,3,7-10,13,16-20H2,1-2H3,(H,29,33)/t22-/m1/s1. The summed E-state index contributed by atoms with van der Waals surface area (Å²) in [5.74, 6) is 0.583. The van der Waals surface area contributed by atoms with Crippen LogP contribution in [0.2, 0.25) is 0 Å². The Morgan fingerprint density at radius 2 is 1.72 bits per heavy atom. The zero-order valence-electron chi connectivity index (χ0n) is 21.6. The summed E-state index contributed by atoms with van der Waals surface area (Å²) >= 11 is 0. The van der Waals surface area contributed by atoms with Crippen molar-refractivity contribution < 1.29 is 13.2 Å². The number of piperazine rings is 1. The topological polar surface area (TPSA) is 81.8 Å². The van der Waals surface area contributed by atoms with E-state index in [1.54, 1.807) is 6.07 Å². The summed E-state index contributed by atoms with van der Waals surface area (Å²) in [6.45, 7) is 8.29. The highest BCUT2D eigenvalue weighted by atomic mass is 32.2. The zero-order chi connectivity index (χ0) is 25.5. The molecule has 2 aliphatic rings. The molecular weight excluding hydrogens is 472 g/mol. The van der Waals surface area contributed by atoms with Crippen LogP contribution in [0.1, 0.15) is 64.0 Å². The molecular formula is C28H40N4O3S. The number of benzene rings is 2. The second-order valence-corrected chi connectivity index (χ2v) is 11.8. The molecule has 1 amide bonds. The molecule has 0 aromatic heterocycles. The van der Waals surface area contributed by atoms with Crippen molar-refractivity contribution in [3.63, 3.8) is 0 Å². The number of nitrogens with one attached hydrogen (secondary N) is 2. The third-order valence-electron chi connectivity index (χ3n) is 7.58. The number of hydrogen-bond acceptors (Lipinski definition) is 5. The number of carbonyl (C=O) groups excluding carboxylic acids is 1. The number of sulfonamides is 1. The highest BCUT2D eigenvalue weighted by molar-refractivity contribution is 7.89. The molecule has 4 rings (SSSR count). The Balaban J connectivity index is 1.55. The molecule has 2 aromatic carbocycles. The summed E-state index contributed by atoms with van der Waals surface area (Å²) in [5, 5.41) is 2.95. The van der Waals surface area contributed by atoms with Crippen molar-refractivity contribution in [2.45, 2.75) is 63.3 Å². The lowest BCUT2D eigenvalue weighted by atomic mass is 10.0. The molecule has 0 unspecified atom stereocenters. The van der Waals surface area contributed by atoms with Crippen LogP contribution in [-0.2, 0) is 14.8 Å². The second-order valence-electron chi connectivity index (χ2n) is 10.1. The molecule has 8 heteroatoms.